The Balaban J connectivity index is 1.69. The molecule has 0 saturated carbocycles. The Kier molecular flexibility index (Phi) is 4.20. The molecule has 4 nitrogen and oxygen atoms in total. The molecule has 1 fully saturated rings. The summed E-state index contributed by atoms with van der Waals surface area (Å²) in [7, 11) is 0. The molecule has 0 spiro atoms. The number of benzene rings is 1. The van der Waals surface area contributed by atoms with E-state index in [2.05, 4.69) is 34.3 Å². The van der Waals surface area contributed by atoms with Crippen LogP contribution in [-0.4, -0.2) is 23.5 Å². The first kappa shape index (κ1) is 14.1. The second-order valence-electron chi connectivity index (χ2n) is 5.21. The van der Waals surface area contributed by atoms with Gasteiger partial charge in [-0.3, -0.25) is 4.79 Å². The first-order valence-corrected chi connectivity index (χ1v) is 8.22. The van der Waals surface area contributed by atoms with Gasteiger partial charge in [0.15, 0.2) is 5.13 Å². The Hall–Kier alpha value is -1.88. The molecule has 1 aromatic carbocycles. The lowest BCUT2D eigenvalue weighted by molar-refractivity contribution is -0.117. The molecule has 1 N–H and O–H groups in total. The number of anilines is 2. The summed E-state index contributed by atoms with van der Waals surface area (Å²) >= 11 is 1.59. The third-order valence-corrected chi connectivity index (χ3v) is 4.66. The zero-order valence-corrected chi connectivity index (χ0v) is 12.9. The Morgan fingerprint density at radius 1 is 1.43 bits per heavy atom. The van der Waals surface area contributed by atoms with E-state index in [0.717, 1.165) is 36.6 Å². The van der Waals surface area contributed by atoms with Crippen molar-refractivity contribution in [1.82, 2.24) is 4.98 Å². The standard InChI is InChI=1S/C16H19N3OS/c1-2-12-5-7-13(8-6-12)18-15(20)14-4-3-10-19(14)16-17-9-11-21-16/h5-9,11,14H,2-4,10H2,1H3,(H,18,20)/t14-/m0/s1. The molecular formula is C16H19N3OS. The summed E-state index contributed by atoms with van der Waals surface area (Å²) in [5.41, 5.74) is 2.14. The summed E-state index contributed by atoms with van der Waals surface area (Å²) in [6, 6.07) is 7.95. The van der Waals surface area contributed by atoms with Crippen LogP contribution >= 0.6 is 11.3 Å². The minimum absolute atomic E-state index is 0.0620. The average Bonchev–Trinajstić information content (AvgIpc) is 3.18. The van der Waals surface area contributed by atoms with E-state index in [1.54, 1.807) is 17.5 Å². The van der Waals surface area contributed by atoms with E-state index in [0.29, 0.717) is 0 Å². The molecule has 1 aliphatic heterocycles. The molecule has 0 bridgehead atoms. The van der Waals surface area contributed by atoms with Crippen LogP contribution in [0.15, 0.2) is 35.8 Å². The maximum absolute atomic E-state index is 12.5. The summed E-state index contributed by atoms with van der Waals surface area (Å²) < 4.78 is 0. The van der Waals surface area contributed by atoms with Crippen LogP contribution in [-0.2, 0) is 11.2 Å². The van der Waals surface area contributed by atoms with Crippen LogP contribution in [0.2, 0.25) is 0 Å². The molecule has 0 radical (unpaired) electrons. The van der Waals surface area contributed by atoms with Crippen molar-refractivity contribution in [2.24, 2.45) is 0 Å². The van der Waals surface area contributed by atoms with Gasteiger partial charge >= 0.3 is 0 Å². The van der Waals surface area contributed by atoms with Crippen LogP contribution in [0.25, 0.3) is 0 Å². The summed E-state index contributed by atoms with van der Waals surface area (Å²) in [4.78, 5) is 18.9. The molecule has 1 aliphatic rings. The number of nitrogens with one attached hydrogen (secondary N) is 1. The minimum atomic E-state index is -0.109. The van der Waals surface area contributed by atoms with Crippen molar-refractivity contribution < 1.29 is 4.79 Å². The first-order valence-electron chi connectivity index (χ1n) is 7.34. The number of hydrogen-bond acceptors (Lipinski definition) is 4. The van der Waals surface area contributed by atoms with Crippen molar-refractivity contribution in [3.8, 4) is 0 Å². The van der Waals surface area contributed by atoms with Gasteiger partial charge < -0.3 is 10.2 Å². The van der Waals surface area contributed by atoms with E-state index in [1.807, 2.05) is 17.5 Å². The Bertz CT molecular complexity index is 594. The molecule has 3 rings (SSSR count). The van der Waals surface area contributed by atoms with Crippen LogP contribution in [0.4, 0.5) is 10.8 Å². The van der Waals surface area contributed by atoms with E-state index in [1.165, 1.54) is 5.56 Å². The van der Waals surface area contributed by atoms with Crippen LogP contribution in [0.1, 0.15) is 25.3 Å². The van der Waals surface area contributed by atoms with Crippen LogP contribution < -0.4 is 10.2 Å². The fraction of sp³-hybridized carbons (Fsp3) is 0.375. The van der Waals surface area contributed by atoms with Crippen molar-refractivity contribution in [2.75, 3.05) is 16.8 Å². The molecular weight excluding hydrogens is 282 g/mol. The molecule has 1 amide bonds. The van der Waals surface area contributed by atoms with Crippen LogP contribution in [0.5, 0.6) is 0 Å². The molecule has 1 atom stereocenters. The van der Waals surface area contributed by atoms with Gasteiger partial charge in [-0.1, -0.05) is 19.1 Å². The quantitative estimate of drug-likeness (QED) is 0.942. The SMILES string of the molecule is CCc1ccc(NC(=O)[C@@H]2CCCN2c2nccs2)cc1. The largest absolute Gasteiger partial charge is 0.336 e. The van der Waals surface area contributed by atoms with Crippen LogP contribution in [0.3, 0.4) is 0 Å². The Morgan fingerprint density at radius 3 is 2.90 bits per heavy atom. The number of carbonyl (C=O) groups is 1. The second kappa shape index (κ2) is 6.26. The van der Waals surface area contributed by atoms with Gasteiger partial charge in [0.05, 0.1) is 0 Å². The maximum Gasteiger partial charge on any atom is 0.247 e. The highest BCUT2D eigenvalue weighted by molar-refractivity contribution is 7.13. The van der Waals surface area contributed by atoms with Crippen molar-refractivity contribution in [3.05, 3.63) is 41.4 Å². The molecule has 2 aromatic rings. The third-order valence-electron chi connectivity index (χ3n) is 3.85. The van der Waals surface area contributed by atoms with E-state index in [-0.39, 0.29) is 11.9 Å². The highest BCUT2D eigenvalue weighted by Crippen LogP contribution is 2.27. The Morgan fingerprint density at radius 2 is 2.24 bits per heavy atom. The predicted molar refractivity (Wildman–Crippen MR) is 86.9 cm³/mol. The summed E-state index contributed by atoms with van der Waals surface area (Å²) in [6.45, 7) is 3.03. The number of carbonyl (C=O) groups excluding carboxylic acids is 1. The summed E-state index contributed by atoms with van der Waals surface area (Å²) in [5.74, 6) is 0.0620. The Labute approximate surface area is 128 Å². The first-order chi connectivity index (χ1) is 10.3. The fourth-order valence-electron chi connectivity index (χ4n) is 2.68. The van der Waals surface area contributed by atoms with Gasteiger partial charge in [-0.25, -0.2) is 4.98 Å². The summed E-state index contributed by atoms with van der Waals surface area (Å²) in [6.07, 6.45) is 4.72. The normalized spacial score (nSPS) is 18.0. The number of aromatic nitrogens is 1. The lowest BCUT2D eigenvalue weighted by Crippen LogP contribution is -2.39. The van der Waals surface area contributed by atoms with Crippen molar-refractivity contribution in [3.63, 3.8) is 0 Å². The van der Waals surface area contributed by atoms with Crippen molar-refractivity contribution >= 4 is 28.1 Å². The molecule has 0 unspecified atom stereocenters. The van der Waals surface area contributed by atoms with Crippen molar-refractivity contribution in [2.45, 2.75) is 32.2 Å². The topological polar surface area (TPSA) is 45.2 Å². The molecule has 5 heteroatoms. The van der Waals surface area contributed by atoms with Gasteiger partial charge in [-0.05, 0) is 37.0 Å². The van der Waals surface area contributed by atoms with Gasteiger partial charge in [-0.15, -0.1) is 11.3 Å². The molecule has 2 heterocycles. The van der Waals surface area contributed by atoms with Crippen LogP contribution in [0, 0.1) is 0 Å². The van der Waals surface area contributed by atoms with E-state index >= 15 is 0 Å². The minimum Gasteiger partial charge on any atom is -0.336 e. The predicted octanol–water partition coefficient (Wildman–Crippen LogP) is 3.31. The summed E-state index contributed by atoms with van der Waals surface area (Å²) in [5, 5.41) is 5.91. The number of rotatable bonds is 4. The van der Waals surface area contributed by atoms with Crippen molar-refractivity contribution in [1.29, 1.82) is 0 Å². The highest BCUT2D eigenvalue weighted by Gasteiger charge is 2.32. The smallest absolute Gasteiger partial charge is 0.247 e. The van der Waals surface area contributed by atoms with E-state index < -0.39 is 0 Å². The lowest BCUT2D eigenvalue weighted by atomic mass is 10.1. The lowest BCUT2D eigenvalue weighted by Gasteiger charge is -2.23. The highest BCUT2D eigenvalue weighted by atomic mass is 32.1. The van der Waals surface area contributed by atoms with E-state index in [4.69, 9.17) is 0 Å². The van der Waals surface area contributed by atoms with Gasteiger partial charge in [0.1, 0.15) is 6.04 Å². The number of thiazole rings is 1. The van der Waals surface area contributed by atoms with Gasteiger partial charge in [-0.2, -0.15) is 0 Å². The number of nitrogens with zero attached hydrogens (tertiary/aromatic N) is 2. The molecule has 110 valence electrons. The third kappa shape index (κ3) is 3.08. The zero-order valence-electron chi connectivity index (χ0n) is 12.1. The van der Waals surface area contributed by atoms with Gasteiger partial charge in [0, 0.05) is 23.8 Å². The molecule has 1 saturated heterocycles. The van der Waals surface area contributed by atoms with E-state index in [9.17, 15) is 4.79 Å². The molecule has 0 aliphatic carbocycles. The number of aryl methyl sites for hydroxylation is 1. The van der Waals surface area contributed by atoms with Gasteiger partial charge in [0.2, 0.25) is 5.91 Å². The fourth-order valence-corrected chi connectivity index (χ4v) is 3.39. The maximum atomic E-state index is 12.5. The zero-order chi connectivity index (χ0) is 14.7. The average molecular weight is 301 g/mol. The number of amides is 1. The second-order valence-corrected chi connectivity index (χ2v) is 6.08. The molecule has 21 heavy (non-hydrogen) atoms. The molecule has 1 aromatic heterocycles. The van der Waals surface area contributed by atoms with Gasteiger partial charge in [0.25, 0.3) is 0 Å². The monoisotopic (exact) mass is 301 g/mol. The number of hydrogen-bond donors (Lipinski definition) is 1.